The van der Waals surface area contributed by atoms with Crippen molar-refractivity contribution < 1.29 is 13.2 Å². The zero-order valence-electron chi connectivity index (χ0n) is 16.8. The minimum Gasteiger partial charge on any atom is -0.361 e. The van der Waals surface area contributed by atoms with Gasteiger partial charge in [0, 0.05) is 37.6 Å². The predicted octanol–water partition coefficient (Wildman–Crippen LogP) is 2.56. The molecule has 3 aromatic rings. The third-order valence-corrected chi connectivity index (χ3v) is 7.43. The third kappa shape index (κ3) is 3.38. The maximum Gasteiger partial charge on any atom is 0.256 e. The predicted molar refractivity (Wildman–Crippen MR) is 121 cm³/mol. The molecule has 0 bridgehead atoms. The zero-order valence-corrected chi connectivity index (χ0v) is 18.5. The number of hydrogen-bond donors (Lipinski definition) is 2. The summed E-state index contributed by atoms with van der Waals surface area (Å²) in [4.78, 5) is 18.0. The molecular weight excluding hydrogens is 420 g/mol. The van der Waals surface area contributed by atoms with Gasteiger partial charge in [-0.15, -0.1) is 0 Å². The van der Waals surface area contributed by atoms with Crippen LogP contribution in [0.5, 0.6) is 0 Å². The second kappa shape index (κ2) is 7.50. The number of nitrogens with one attached hydrogen (secondary N) is 2. The number of thiocarbonyl (C=S) groups is 1. The number of anilines is 1. The molecule has 9 heteroatoms. The van der Waals surface area contributed by atoms with Crippen LogP contribution in [-0.4, -0.2) is 48.9 Å². The smallest absolute Gasteiger partial charge is 0.256 e. The first-order valence-electron chi connectivity index (χ1n) is 9.43. The normalized spacial score (nSPS) is 17.2. The van der Waals surface area contributed by atoms with Crippen molar-refractivity contribution >= 4 is 49.9 Å². The van der Waals surface area contributed by atoms with E-state index in [4.69, 9.17) is 12.2 Å². The average Bonchev–Trinajstić information content (AvgIpc) is 3.23. The monoisotopic (exact) mass is 442 g/mol. The Bertz CT molecular complexity index is 1260. The zero-order chi connectivity index (χ0) is 21.6. The highest BCUT2D eigenvalue weighted by Crippen LogP contribution is 2.29. The quantitative estimate of drug-likeness (QED) is 0.593. The van der Waals surface area contributed by atoms with Gasteiger partial charge < -0.3 is 10.3 Å². The van der Waals surface area contributed by atoms with Crippen LogP contribution in [0.4, 0.5) is 5.69 Å². The van der Waals surface area contributed by atoms with Crippen LogP contribution in [0.1, 0.15) is 11.1 Å². The minimum atomic E-state index is -3.63. The summed E-state index contributed by atoms with van der Waals surface area (Å²) in [6.45, 7) is 1.82. The molecule has 1 saturated heterocycles. The van der Waals surface area contributed by atoms with Crippen LogP contribution in [0, 0.1) is 6.92 Å². The largest absolute Gasteiger partial charge is 0.361 e. The number of fused-ring (bicyclic) bond motifs is 1. The number of rotatable bonds is 5. The van der Waals surface area contributed by atoms with E-state index >= 15 is 0 Å². The number of hydrogen-bond acceptors (Lipinski definition) is 4. The Balaban J connectivity index is 1.66. The molecule has 2 heterocycles. The summed E-state index contributed by atoms with van der Waals surface area (Å²) in [7, 11) is -0.689. The Morgan fingerprint density at radius 1 is 1.17 bits per heavy atom. The molecule has 30 heavy (non-hydrogen) atoms. The van der Waals surface area contributed by atoms with Crippen molar-refractivity contribution in [2.75, 3.05) is 19.0 Å². The van der Waals surface area contributed by atoms with Gasteiger partial charge in [0.05, 0.1) is 10.6 Å². The number of nitrogens with zero attached hydrogens (tertiary/aromatic N) is 2. The maximum atomic E-state index is 13.2. The number of carbonyl (C=O) groups excluding carboxylic acids is 1. The first-order chi connectivity index (χ1) is 14.2. The fourth-order valence-electron chi connectivity index (χ4n) is 3.62. The molecule has 2 aromatic carbocycles. The van der Waals surface area contributed by atoms with Gasteiger partial charge in [0.2, 0.25) is 10.0 Å². The van der Waals surface area contributed by atoms with E-state index in [2.05, 4.69) is 10.3 Å². The van der Waals surface area contributed by atoms with Gasteiger partial charge in [-0.3, -0.25) is 9.69 Å². The van der Waals surface area contributed by atoms with Gasteiger partial charge in [-0.25, -0.2) is 12.7 Å². The number of carbonyl (C=O) groups is 1. The van der Waals surface area contributed by atoms with Gasteiger partial charge in [-0.2, -0.15) is 0 Å². The van der Waals surface area contributed by atoms with Crippen LogP contribution in [-0.2, 0) is 21.2 Å². The number of amides is 1. The highest BCUT2D eigenvalue weighted by atomic mass is 32.2. The summed E-state index contributed by atoms with van der Waals surface area (Å²) >= 11 is 5.44. The Labute approximate surface area is 180 Å². The first kappa shape index (κ1) is 20.5. The highest BCUT2D eigenvalue weighted by molar-refractivity contribution is 7.89. The molecular formula is C21H22N4O3S2. The van der Waals surface area contributed by atoms with Crippen molar-refractivity contribution in [1.82, 2.24) is 14.6 Å². The number of sulfonamides is 1. The lowest BCUT2D eigenvalue weighted by Gasteiger charge is -2.20. The average molecular weight is 443 g/mol. The van der Waals surface area contributed by atoms with E-state index in [1.165, 1.54) is 31.1 Å². The van der Waals surface area contributed by atoms with Gasteiger partial charge in [0.25, 0.3) is 5.91 Å². The Hall–Kier alpha value is -2.75. The Kier molecular flexibility index (Phi) is 5.13. The van der Waals surface area contributed by atoms with E-state index in [1.807, 2.05) is 37.4 Å². The number of benzene rings is 2. The third-order valence-electron chi connectivity index (χ3n) is 5.32. The van der Waals surface area contributed by atoms with Gasteiger partial charge in [-0.05, 0) is 48.5 Å². The number of aromatic nitrogens is 1. The van der Waals surface area contributed by atoms with Crippen LogP contribution in [0.3, 0.4) is 0 Å². The molecule has 2 N–H and O–H groups in total. The Morgan fingerprint density at radius 2 is 1.90 bits per heavy atom. The number of aryl methyl sites for hydroxylation is 1. The molecule has 1 aliphatic heterocycles. The van der Waals surface area contributed by atoms with Crippen LogP contribution in [0.15, 0.2) is 53.6 Å². The number of para-hydroxylation sites is 1. The van der Waals surface area contributed by atoms with Gasteiger partial charge >= 0.3 is 0 Å². The molecule has 7 nitrogen and oxygen atoms in total. The molecule has 0 saturated carbocycles. The van der Waals surface area contributed by atoms with Gasteiger partial charge in [-0.1, -0.05) is 24.3 Å². The molecule has 156 valence electrons. The fourth-order valence-corrected chi connectivity index (χ4v) is 4.87. The van der Waals surface area contributed by atoms with E-state index in [-0.39, 0.29) is 15.9 Å². The topological polar surface area (TPSA) is 85.5 Å². The summed E-state index contributed by atoms with van der Waals surface area (Å²) in [5.74, 6) is -0.201. The number of H-pyrrole nitrogens is 1. The van der Waals surface area contributed by atoms with Crippen LogP contribution >= 0.6 is 12.2 Å². The molecule has 1 atom stereocenters. The lowest BCUT2D eigenvalue weighted by atomic mass is 10.0. The molecule has 0 radical (unpaired) electrons. The molecule has 4 rings (SSSR count). The second-order valence-corrected chi connectivity index (χ2v) is 10.0. The second-order valence-electron chi connectivity index (χ2n) is 7.48. The lowest BCUT2D eigenvalue weighted by molar-refractivity contribution is -0.118. The van der Waals surface area contributed by atoms with Crippen LogP contribution < -0.4 is 10.2 Å². The molecule has 1 amide bonds. The van der Waals surface area contributed by atoms with Crippen molar-refractivity contribution in [3.05, 3.63) is 59.8 Å². The summed E-state index contributed by atoms with van der Waals surface area (Å²) in [6.07, 6.45) is 2.37. The maximum absolute atomic E-state index is 13.2. The minimum absolute atomic E-state index is 0.115. The summed E-state index contributed by atoms with van der Waals surface area (Å²) < 4.78 is 26.2. The van der Waals surface area contributed by atoms with E-state index in [1.54, 1.807) is 6.07 Å². The molecule has 0 aliphatic carbocycles. The first-order valence-corrected chi connectivity index (χ1v) is 11.3. The molecule has 1 aromatic heterocycles. The number of aromatic amines is 1. The van der Waals surface area contributed by atoms with Crippen molar-refractivity contribution in [2.24, 2.45) is 0 Å². The van der Waals surface area contributed by atoms with Crippen molar-refractivity contribution in [2.45, 2.75) is 24.3 Å². The fraction of sp³-hybridized carbons (Fsp3) is 0.238. The van der Waals surface area contributed by atoms with Crippen molar-refractivity contribution in [1.29, 1.82) is 0 Å². The van der Waals surface area contributed by atoms with Gasteiger partial charge in [0.1, 0.15) is 6.04 Å². The van der Waals surface area contributed by atoms with Gasteiger partial charge in [0.15, 0.2) is 5.11 Å². The van der Waals surface area contributed by atoms with E-state index in [0.717, 1.165) is 26.3 Å². The van der Waals surface area contributed by atoms with Crippen LogP contribution in [0.25, 0.3) is 10.9 Å². The SMILES string of the molecule is Cc1ccc(S(=O)(=O)N(C)C)cc1N1C(=O)[C@H](Cc2c[nH]c3ccccc23)NC1=S. The van der Waals surface area contributed by atoms with E-state index in [9.17, 15) is 13.2 Å². The van der Waals surface area contributed by atoms with E-state index in [0.29, 0.717) is 12.1 Å². The molecule has 0 unspecified atom stereocenters. The van der Waals surface area contributed by atoms with Crippen molar-refractivity contribution in [3.8, 4) is 0 Å². The molecule has 1 fully saturated rings. The Morgan fingerprint density at radius 3 is 2.63 bits per heavy atom. The van der Waals surface area contributed by atoms with Crippen LogP contribution in [0.2, 0.25) is 0 Å². The standard InChI is InChI=1S/C21H22N4O3S2/c1-13-8-9-15(30(27,28)24(2)3)11-19(13)25-20(26)18(23-21(25)29)10-14-12-22-17-7-5-4-6-16(14)17/h4-9,11-12,18,22H,10H2,1-3H3,(H,23,29)/t18-/m0/s1. The summed E-state index contributed by atoms with van der Waals surface area (Å²) in [6, 6.07) is 12.1. The van der Waals surface area contributed by atoms with E-state index < -0.39 is 16.1 Å². The highest BCUT2D eigenvalue weighted by Gasteiger charge is 2.38. The van der Waals surface area contributed by atoms with Crippen molar-refractivity contribution in [3.63, 3.8) is 0 Å². The summed E-state index contributed by atoms with van der Waals surface area (Å²) in [5.41, 5.74) is 3.26. The lowest BCUT2D eigenvalue weighted by Crippen LogP contribution is -2.33. The summed E-state index contributed by atoms with van der Waals surface area (Å²) in [5, 5.41) is 4.43. The molecule has 1 aliphatic rings. The molecule has 0 spiro atoms.